The molecule has 0 aromatic carbocycles. The zero-order chi connectivity index (χ0) is 15.8. The lowest BCUT2D eigenvalue weighted by Crippen LogP contribution is -2.37. The summed E-state index contributed by atoms with van der Waals surface area (Å²) >= 11 is 0. The van der Waals surface area contributed by atoms with E-state index in [0.717, 1.165) is 42.1 Å². The van der Waals surface area contributed by atoms with Gasteiger partial charge in [0.15, 0.2) is 0 Å². The van der Waals surface area contributed by atoms with Crippen LogP contribution in [0, 0.1) is 6.92 Å². The first kappa shape index (κ1) is 14.1. The molecule has 1 unspecified atom stereocenters. The van der Waals surface area contributed by atoms with Crippen molar-refractivity contribution in [2.24, 2.45) is 0 Å². The Balaban J connectivity index is 1.53. The Kier molecular flexibility index (Phi) is 3.42. The third kappa shape index (κ3) is 2.63. The van der Waals surface area contributed by atoms with E-state index in [4.69, 9.17) is 0 Å². The van der Waals surface area contributed by atoms with E-state index in [0.29, 0.717) is 12.6 Å². The predicted octanol–water partition coefficient (Wildman–Crippen LogP) is 0.699. The second-order valence-electron chi connectivity index (χ2n) is 5.95. The van der Waals surface area contributed by atoms with Crippen molar-refractivity contribution in [3.8, 4) is 0 Å². The summed E-state index contributed by atoms with van der Waals surface area (Å²) in [5.74, 6) is 1.04. The van der Waals surface area contributed by atoms with Crippen LogP contribution in [0.4, 0.5) is 0 Å². The van der Waals surface area contributed by atoms with Crippen LogP contribution in [0.3, 0.4) is 0 Å². The molecule has 0 radical (unpaired) electrons. The predicted molar refractivity (Wildman–Crippen MR) is 85.2 cm³/mol. The summed E-state index contributed by atoms with van der Waals surface area (Å²) in [5, 5.41) is 7.71. The first-order valence-corrected chi connectivity index (χ1v) is 7.79. The number of pyridine rings is 1. The van der Waals surface area contributed by atoms with Crippen LogP contribution in [-0.4, -0.2) is 30.2 Å². The fraction of sp³-hybridized carbons (Fsp3) is 0.375. The van der Waals surface area contributed by atoms with Crippen LogP contribution in [0.5, 0.6) is 0 Å². The zero-order valence-corrected chi connectivity index (χ0v) is 12.9. The van der Waals surface area contributed by atoms with Crippen molar-refractivity contribution in [1.29, 1.82) is 0 Å². The Morgan fingerprint density at radius 3 is 3.26 bits per heavy atom. The monoisotopic (exact) mass is 310 g/mol. The minimum absolute atomic E-state index is 0.0438. The molecule has 1 aliphatic rings. The molecular formula is C16H18N6O. The largest absolute Gasteiger partial charge is 0.307 e. The fourth-order valence-electron chi connectivity index (χ4n) is 3.05. The van der Waals surface area contributed by atoms with E-state index in [1.165, 1.54) is 0 Å². The van der Waals surface area contributed by atoms with Crippen molar-refractivity contribution in [2.45, 2.75) is 38.9 Å². The first-order chi connectivity index (χ1) is 11.2. The lowest BCUT2D eigenvalue weighted by Gasteiger charge is -2.23. The van der Waals surface area contributed by atoms with E-state index in [1.54, 1.807) is 23.0 Å². The molecule has 7 heteroatoms. The minimum atomic E-state index is -0.0438. The molecule has 0 fully saturated rings. The minimum Gasteiger partial charge on any atom is -0.307 e. The van der Waals surface area contributed by atoms with E-state index in [2.05, 4.69) is 20.4 Å². The number of aryl methyl sites for hydroxylation is 2. The van der Waals surface area contributed by atoms with E-state index >= 15 is 0 Å². The first-order valence-electron chi connectivity index (χ1n) is 7.79. The zero-order valence-electron chi connectivity index (χ0n) is 12.9. The van der Waals surface area contributed by atoms with Gasteiger partial charge in [0.2, 0.25) is 0 Å². The van der Waals surface area contributed by atoms with Gasteiger partial charge in [0.05, 0.1) is 12.2 Å². The SMILES string of the molecule is Cc1cccn2c(=O)cc(CNC3CCc4ncnn4C3)nc12. The Bertz CT molecular complexity index is 912. The molecule has 3 aromatic heterocycles. The summed E-state index contributed by atoms with van der Waals surface area (Å²) in [6, 6.07) is 5.75. The number of hydrogen-bond donors (Lipinski definition) is 1. The van der Waals surface area contributed by atoms with Crippen molar-refractivity contribution in [2.75, 3.05) is 0 Å². The lowest BCUT2D eigenvalue weighted by molar-refractivity contribution is 0.356. The van der Waals surface area contributed by atoms with E-state index in [-0.39, 0.29) is 5.56 Å². The molecule has 118 valence electrons. The van der Waals surface area contributed by atoms with Crippen LogP contribution in [0.2, 0.25) is 0 Å². The van der Waals surface area contributed by atoms with Crippen molar-refractivity contribution >= 4 is 5.65 Å². The Morgan fingerprint density at radius 2 is 2.35 bits per heavy atom. The highest BCUT2D eigenvalue weighted by Crippen LogP contribution is 2.12. The summed E-state index contributed by atoms with van der Waals surface area (Å²) in [7, 11) is 0. The Morgan fingerprint density at radius 1 is 1.43 bits per heavy atom. The van der Waals surface area contributed by atoms with Gasteiger partial charge in [-0.2, -0.15) is 5.10 Å². The second kappa shape index (κ2) is 5.58. The average Bonchev–Trinajstić information content (AvgIpc) is 3.01. The summed E-state index contributed by atoms with van der Waals surface area (Å²) in [6.45, 7) is 3.35. The normalized spacial score (nSPS) is 17.3. The van der Waals surface area contributed by atoms with Crippen LogP contribution < -0.4 is 10.9 Å². The number of nitrogens with one attached hydrogen (secondary N) is 1. The van der Waals surface area contributed by atoms with Crippen molar-refractivity contribution in [1.82, 2.24) is 29.5 Å². The van der Waals surface area contributed by atoms with Gasteiger partial charge in [-0.1, -0.05) is 6.07 Å². The molecule has 0 spiro atoms. The van der Waals surface area contributed by atoms with Gasteiger partial charge in [0.1, 0.15) is 17.8 Å². The van der Waals surface area contributed by atoms with Crippen LogP contribution >= 0.6 is 0 Å². The molecule has 4 rings (SSSR count). The molecule has 3 aromatic rings. The summed E-state index contributed by atoms with van der Waals surface area (Å²) in [4.78, 5) is 21.1. The highest BCUT2D eigenvalue weighted by atomic mass is 16.1. The highest BCUT2D eigenvalue weighted by Gasteiger charge is 2.19. The van der Waals surface area contributed by atoms with Gasteiger partial charge >= 0.3 is 0 Å². The van der Waals surface area contributed by atoms with E-state index in [9.17, 15) is 4.79 Å². The summed E-state index contributed by atoms with van der Waals surface area (Å²) < 4.78 is 3.52. The van der Waals surface area contributed by atoms with Crippen molar-refractivity contribution in [3.63, 3.8) is 0 Å². The molecule has 1 aliphatic heterocycles. The number of rotatable bonds is 3. The van der Waals surface area contributed by atoms with Crippen molar-refractivity contribution < 1.29 is 0 Å². The van der Waals surface area contributed by atoms with Gasteiger partial charge in [0, 0.05) is 31.3 Å². The van der Waals surface area contributed by atoms with Gasteiger partial charge in [-0.25, -0.2) is 14.6 Å². The molecule has 0 aliphatic carbocycles. The third-order valence-electron chi connectivity index (χ3n) is 4.32. The molecule has 1 N–H and O–H groups in total. The van der Waals surface area contributed by atoms with Gasteiger partial charge < -0.3 is 5.32 Å². The fourth-order valence-corrected chi connectivity index (χ4v) is 3.05. The highest BCUT2D eigenvalue weighted by molar-refractivity contribution is 5.46. The number of aromatic nitrogens is 5. The molecule has 23 heavy (non-hydrogen) atoms. The topological polar surface area (TPSA) is 77.1 Å². The van der Waals surface area contributed by atoms with E-state index in [1.807, 2.05) is 23.7 Å². The molecule has 0 bridgehead atoms. The smallest absolute Gasteiger partial charge is 0.258 e. The Labute approximate surface area is 133 Å². The van der Waals surface area contributed by atoms with Gasteiger partial charge in [-0.15, -0.1) is 0 Å². The Hall–Kier alpha value is -2.54. The quantitative estimate of drug-likeness (QED) is 0.770. The standard InChI is InChI=1S/C16H18N6O/c1-11-3-2-6-21-15(23)7-13(20-16(11)21)8-17-12-4-5-14-18-10-19-22(14)9-12/h2-3,6-7,10,12,17H,4-5,8-9H2,1H3. The molecular weight excluding hydrogens is 292 g/mol. The van der Waals surface area contributed by atoms with Gasteiger partial charge in [-0.3, -0.25) is 9.20 Å². The number of nitrogens with zero attached hydrogens (tertiary/aromatic N) is 5. The molecule has 0 saturated carbocycles. The third-order valence-corrected chi connectivity index (χ3v) is 4.32. The lowest BCUT2D eigenvalue weighted by atomic mass is 10.1. The van der Waals surface area contributed by atoms with E-state index < -0.39 is 0 Å². The maximum atomic E-state index is 12.2. The number of hydrogen-bond acceptors (Lipinski definition) is 5. The maximum absolute atomic E-state index is 12.2. The van der Waals surface area contributed by atoms with Crippen LogP contribution in [0.15, 0.2) is 35.5 Å². The molecule has 4 heterocycles. The van der Waals surface area contributed by atoms with Crippen LogP contribution in [0.25, 0.3) is 5.65 Å². The molecule has 0 saturated heterocycles. The van der Waals surface area contributed by atoms with Gasteiger partial charge in [-0.05, 0) is 25.0 Å². The summed E-state index contributed by atoms with van der Waals surface area (Å²) in [6.07, 6.45) is 5.30. The van der Waals surface area contributed by atoms with Gasteiger partial charge in [0.25, 0.3) is 5.56 Å². The molecule has 1 atom stereocenters. The van der Waals surface area contributed by atoms with Crippen molar-refractivity contribution in [3.05, 3.63) is 58.2 Å². The summed E-state index contributed by atoms with van der Waals surface area (Å²) in [5.41, 5.74) is 2.45. The molecule has 0 amide bonds. The maximum Gasteiger partial charge on any atom is 0.258 e. The molecule has 7 nitrogen and oxygen atoms in total. The second-order valence-corrected chi connectivity index (χ2v) is 5.95. The van der Waals surface area contributed by atoms with Crippen LogP contribution in [0.1, 0.15) is 23.5 Å². The van der Waals surface area contributed by atoms with Crippen LogP contribution in [-0.2, 0) is 19.5 Å². The average molecular weight is 310 g/mol. The number of fused-ring (bicyclic) bond motifs is 2.